The number of sulfonamides is 1. The zero-order chi connectivity index (χ0) is 15.5. The lowest BCUT2D eigenvalue weighted by atomic mass is 10.2. The van der Waals surface area contributed by atoms with Gasteiger partial charge in [-0.05, 0) is 29.8 Å². The monoisotopic (exact) mass is 333 g/mol. The molecule has 8 heteroatoms. The summed E-state index contributed by atoms with van der Waals surface area (Å²) in [6.07, 6.45) is 1.38. The Balaban J connectivity index is 2.12. The summed E-state index contributed by atoms with van der Waals surface area (Å²) < 4.78 is 44.5. The molecule has 1 atom stereocenters. The van der Waals surface area contributed by atoms with Gasteiger partial charge in [0.25, 0.3) is 0 Å². The van der Waals surface area contributed by atoms with Crippen molar-refractivity contribution < 1.29 is 22.3 Å². The maximum Gasteiger partial charge on any atom is 0.216 e. The van der Waals surface area contributed by atoms with Gasteiger partial charge in [0, 0.05) is 0 Å². The minimum Gasteiger partial charge on any atom is -0.468 e. The molecule has 0 saturated carbocycles. The van der Waals surface area contributed by atoms with E-state index in [1.54, 1.807) is 12.1 Å². The highest BCUT2D eigenvalue weighted by Gasteiger charge is 2.21. The zero-order valence-corrected chi connectivity index (χ0v) is 12.4. The van der Waals surface area contributed by atoms with Crippen LogP contribution in [0.2, 0.25) is 5.02 Å². The maximum absolute atomic E-state index is 13.0. The first-order chi connectivity index (χ1) is 9.91. The van der Waals surface area contributed by atoms with Crippen molar-refractivity contribution in [2.75, 3.05) is 6.61 Å². The number of halogens is 2. The van der Waals surface area contributed by atoms with E-state index < -0.39 is 28.5 Å². The van der Waals surface area contributed by atoms with Gasteiger partial charge in [-0.3, -0.25) is 0 Å². The second-order valence-corrected chi connectivity index (χ2v) is 6.54. The molecule has 0 amide bonds. The summed E-state index contributed by atoms with van der Waals surface area (Å²) in [5.41, 5.74) is 0.338. The third-order valence-electron chi connectivity index (χ3n) is 2.73. The van der Waals surface area contributed by atoms with Crippen LogP contribution in [0.1, 0.15) is 17.4 Å². The predicted octanol–water partition coefficient (Wildman–Crippen LogP) is 2.23. The quantitative estimate of drug-likeness (QED) is 0.849. The van der Waals surface area contributed by atoms with Crippen LogP contribution in [0.4, 0.5) is 4.39 Å². The van der Waals surface area contributed by atoms with Gasteiger partial charge in [-0.25, -0.2) is 17.5 Å². The van der Waals surface area contributed by atoms with Crippen LogP contribution in [0.15, 0.2) is 41.0 Å². The van der Waals surface area contributed by atoms with Crippen LogP contribution in [0.3, 0.4) is 0 Å². The van der Waals surface area contributed by atoms with Crippen LogP contribution in [0.25, 0.3) is 0 Å². The fourth-order valence-electron chi connectivity index (χ4n) is 1.78. The minimum absolute atomic E-state index is 0.146. The van der Waals surface area contributed by atoms with Gasteiger partial charge in [0.05, 0.1) is 23.6 Å². The van der Waals surface area contributed by atoms with Gasteiger partial charge in [-0.2, -0.15) is 0 Å². The topological polar surface area (TPSA) is 79.5 Å². The van der Waals surface area contributed by atoms with Gasteiger partial charge in [0.2, 0.25) is 10.0 Å². The molecule has 1 aromatic heterocycles. The molecule has 0 unspecified atom stereocenters. The lowest BCUT2D eigenvalue weighted by Crippen LogP contribution is -2.31. The summed E-state index contributed by atoms with van der Waals surface area (Å²) >= 11 is 5.61. The van der Waals surface area contributed by atoms with Crippen molar-refractivity contribution in [2.45, 2.75) is 11.8 Å². The molecule has 5 nitrogen and oxygen atoms in total. The number of furan rings is 1. The summed E-state index contributed by atoms with van der Waals surface area (Å²) in [4.78, 5) is 0. The normalized spacial score (nSPS) is 13.3. The van der Waals surface area contributed by atoms with Gasteiger partial charge in [-0.15, -0.1) is 0 Å². The number of nitrogens with one attached hydrogen (secondary N) is 1. The number of hydrogen-bond donors (Lipinski definition) is 2. The Morgan fingerprint density at radius 3 is 2.71 bits per heavy atom. The van der Waals surface area contributed by atoms with Crippen molar-refractivity contribution in [3.63, 3.8) is 0 Å². The Morgan fingerprint density at radius 2 is 2.14 bits per heavy atom. The molecule has 1 heterocycles. The molecule has 2 aromatic rings. The maximum atomic E-state index is 13.0. The molecule has 0 aliphatic heterocycles. The van der Waals surface area contributed by atoms with Crippen LogP contribution in [0.5, 0.6) is 0 Å². The van der Waals surface area contributed by atoms with Crippen molar-refractivity contribution in [1.82, 2.24) is 4.72 Å². The first kappa shape index (κ1) is 16.0. The SMILES string of the molecule is O=S(=O)(Cc1ccc(F)c(Cl)c1)N[C@H](CO)c1ccco1. The van der Waals surface area contributed by atoms with Gasteiger partial charge in [0.15, 0.2) is 0 Å². The Kier molecular flexibility index (Phi) is 5.00. The van der Waals surface area contributed by atoms with Crippen molar-refractivity contribution >= 4 is 21.6 Å². The Hall–Kier alpha value is -1.41. The predicted molar refractivity (Wildman–Crippen MR) is 75.7 cm³/mol. The van der Waals surface area contributed by atoms with E-state index in [1.807, 2.05) is 0 Å². The van der Waals surface area contributed by atoms with Gasteiger partial charge >= 0.3 is 0 Å². The second-order valence-electron chi connectivity index (χ2n) is 4.38. The number of rotatable bonds is 6. The van der Waals surface area contributed by atoms with Crippen LogP contribution in [-0.4, -0.2) is 20.1 Å². The molecule has 0 bridgehead atoms. The summed E-state index contributed by atoms with van der Waals surface area (Å²) in [5, 5.41) is 9.10. The number of aliphatic hydroxyl groups is 1. The molecule has 21 heavy (non-hydrogen) atoms. The molecule has 0 saturated heterocycles. The van der Waals surface area contributed by atoms with E-state index in [1.165, 1.54) is 18.4 Å². The highest BCUT2D eigenvalue weighted by molar-refractivity contribution is 7.88. The van der Waals surface area contributed by atoms with Crippen LogP contribution < -0.4 is 4.72 Å². The standard InChI is InChI=1S/C13H13ClFNO4S/c14-10-6-9(3-4-11(10)15)8-21(18,19)16-12(7-17)13-2-1-5-20-13/h1-6,12,16-17H,7-8H2/t12-/m1/s1. The molecule has 0 aliphatic carbocycles. The van der Waals surface area contributed by atoms with Crippen LogP contribution in [0, 0.1) is 5.82 Å². The second kappa shape index (κ2) is 6.57. The molecule has 0 fully saturated rings. The van der Waals surface area contributed by atoms with E-state index in [0.717, 1.165) is 6.07 Å². The largest absolute Gasteiger partial charge is 0.468 e. The summed E-state index contributed by atoms with van der Waals surface area (Å²) in [5.74, 6) is -0.697. The fourth-order valence-corrected chi connectivity index (χ4v) is 3.31. The van der Waals surface area contributed by atoms with E-state index in [9.17, 15) is 17.9 Å². The lowest BCUT2D eigenvalue weighted by Gasteiger charge is -2.14. The van der Waals surface area contributed by atoms with Crippen molar-refractivity contribution in [1.29, 1.82) is 0 Å². The van der Waals surface area contributed by atoms with Crippen LogP contribution >= 0.6 is 11.6 Å². The molecular formula is C13H13ClFNO4S. The molecule has 1 aromatic carbocycles. The molecule has 114 valence electrons. The van der Waals surface area contributed by atoms with Gasteiger partial charge in [-0.1, -0.05) is 17.7 Å². The number of hydrogen-bond acceptors (Lipinski definition) is 4. The number of aliphatic hydroxyl groups excluding tert-OH is 1. The Morgan fingerprint density at radius 1 is 1.38 bits per heavy atom. The van der Waals surface area contributed by atoms with Crippen molar-refractivity contribution in [2.24, 2.45) is 0 Å². The summed E-state index contributed by atoms with van der Waals surface area (Å²) in [6.45, 7) is -0.448. The molecular weight excluding hydrogens is 321 g/mol. The summed E-state index contributed by atoms with van der Waals surface area (Å²) in [6, 6.07) is 5.95. The molecule has 2 N–H and O–H groups in total. The summed E-state index contributed by atoms with van der Waals surface area (Å²) in [7, 11) is -3.75. The van der Waals surface area contributed by atoms with Crippen LogP contribution in [-0.2, 0) is 15.8 Å². The minimum atomic E-state index is -3.75. The van der Waals surface area contributed by atoms with Crippen molar-refractivity contribution in [3.8, 4) is 0 Å². The fraction of sp³-hybridized carbons (Fsp3) is 0.231. The molecule has 0 spiro atoms. The van der Waals surface area contributed by atoms with Gasteiger partial charge < -0.3 is 9.52 Å². The third kappa shape index (κ3) is 4.28. The average Bonchev–Trinajstić information content (AvgIpc) is 2.94. The zero-order valence-electron chi connectivity index (χ0n) is 10.8. The molecule has 0 aliphatic rings. The van der Waals surface area contributed by atoms with E-state index in [2.05, 4.69) is 4.72 Å². The lowest BCUT2D eigenvalue weighted by molar-refractivity contribution is 0.242. The smallest absolute Gasteiger partial charge is 0.216 e. The van der Waals surface area contributed by atoms with E-state index in [0.29, 0.717) is 11.3 Å². The average molecular weight is 334 g/mol. The Labute approximate surface area is 126 Å². The van der Waals surface area contributed by atoms with E-state index in [4.69, 9.17) is 16.0 Å². The molecule has 0 radical (unpaired) electrons. The molecule has 2 rings (SSSR count). The highest BCUT2D eigenvalue weighted by atomic mass is 35.5. The first-order valence-electron chi connectivity index (χ1n) is 5.99. The first-order valence-corrected chi connectivity index (χ1v) is 8.02. The van der Waals surface area contributed by atoms with E-state index >= 15 is 0 Å². The Bertz CT molecular complexity index is 703. The third-order valence-corrected chi connectivity index (χ3v) is 4.38. The van der Waals surface area contributed by atoms with Crippen molar-refractivity contribution in [3.05, 3.63) is 58.8 Å². The van der Waals surface area contributed by atoms with E-state index in [-0.39, 0.29) is 10.8 Å². The highest BCUT2D eigenvalue weighted by Crippen LogP contribution is 2.19. The number of benzene rings is 1. The van der Waals surface area contributed by atoms with Gasteiger partial charge in [0.1, 0.15) is 17.6 Å².